The number of benzene rings is 2. The molecule has 4 rings (SSSR count). The molecule has 1 fully saturated rings. The van der Waals surface area contributed by atoms with E-state index < -0.39 is 17.7 Å². The number of likely N-dealkylation sites (tertiary alicyclic amines) is 1. The molecule has 0 saturated carbocycles. The lowest BCUT2D eigenvalue weighted by molar-refractivity contribution is -0.140. The first-order valence-corrected chi connectivity index (χ1v) is 10.7. The van der Waals surface area contributed by atoms with Gasteiger partial charge in [-0.2, -0.15) is 0 Å². The Kier molecular flexibility index (Phi) is 6.03. The highest BCUT2D eigenvalue weighted by Gasteiger charge is 2.46. The van der Waals surface area contributed by atoms with Crippen LogP contribution in [0.15, 0.2) is 48.0 Å². The normalized spacial score (nSPS) is 19.7. The van der Waals surface area contributed by atoms with Gasteiger partial charge in [0.1, 0.15) is 11.5 Å². The minimum absolute atomic E-state index is 0.000522. The number of rotatable bonds is 6. The highest BCUT2D eigenvalue weighted by Crippen LogP contribution is 2.40. The maximum Gasteiger partial charge on any atom is 0.295 e. The average molecular weight is 442 g/mol. The van der Waals surface area contributed by atoms with Crippen molar-refractivity contribution < 1.29 is 24.2 Å². The molecule has 1 atom stereocenters. The molecular weight excluding hydrogens is 418 g/mol. The van der Waals surface area contributed by atoms with E-state index in [1.165, 1.54) is 4.90 Å². The summed E-state index contributed by atoms with van der Waals surface area (Å²) in [6.07, 6.45) is 0.734. The Bertz CT molecular complexity index is 1040. The Morgan fingerprint density at radius 1 is 1.23 bits per heavy atom. The van der Waals surface area contributed by atoms with E-state index in [4.69, 9.17) is 21.1 Å². The third-order valence-corrected chi connectivity index (χ3v) is 5.72. The number of Topliss-reactive ketones (excluding diaryl/α,β-unsaturated/α-hetero) is 1. The highest BCUT2D eigenvalue weighted by molar-refractivity contribution is 6.46. The lowest BCUT2D eigenvalue weighted by Gasteiger charge is -2.25. The zero-order valence-electron chi connectivity index (χ0n) is 17.4. The number of halogens is 1. The summed E-state index contributed by atoms with van der Waals surface area (Å²) in [5.41, 5.74) is 2.21. The number of carbonyl (C=O) groups excluding carboxylic acids is 2. The van der Waals surface area contributed by atoms with Crippen LogP contribution in [0.3, 0.4) is 0 Å². The molecule has 1 N–H and O–H groups in total. The number of hydrogen-bond acceptors (Lipinski definition) is 5. The summed E-state index contributed by atoms with van der Waals surface area (Å²) in [7, 11) is 0. The van der Waals surface area contributed by atoms with Gasteiger partial charge in [0.15, 0.2) is 0 Å². The molecule has 31 heavy (non-hydrogen) atoms. The van der Waals surface area contributed by atoms with E-state index in [0.29, 0.717) is 22.8 Å². The van der Waals surface area contributed by atoms with Crippen molar-refractivity contribution in [2.75, 3.05) is 19.8 Å². The second kappa shape index (κ2) is 8.73. The number of aliphatic hydroxyl groups excluding tert-OH is 1. The number of ether oxygens (including phenoxy) is 2. The SMILES string of the molecule is CC(C)OCCN1C(=O)C(=O)/C(=C(\O)c2ccc3c(c2)CCO3)C1c1ccc(Cl)cc1. The van der Waals surface area contributed by atoms with E-state index in [-0.39, 0.29) is 30.6 Å². The molecule has 2 aromatic rings. The molecule has 2 aromatic carbocycles. The average Bonchev–Trinajstić information content (AvgIpc) is 3.31. The van der Waals surface area contributed by atoms with Gasteiger partial charge in [-0.05, 0) is 55.3 Å². The maximum atomic E-state index is 13.0. The predicted octanol–water partition coefficient (Wildman–Crippen LogP) is 4.12. The van der Waals surface area contributed by atoms with E-state index >= 15 is 0 Å². The fraction of sp³-hybridized carbons (Fsp3) is 0.333. The van der Waals surface area contributed by atoms with Crippen molar-refractivity contribution in [1.82, 2.24) is 4.90 Å². The number of carbonyl (C=O) groups is 2. The number of nitrogens with zero attached hydrogens (tertiary/aromatic N) is 1. The zero-order valence-corrected chi connectivity index (χ0v) is 18.2. The minimum Gasteiger partial charge on any atom is -0.507 e. The van der Waals surface area contributed by atoms with E-state index in [9.17, 15) is 14.7 Å². The molecule has 1 amide bonds. The fourth-order valence-corrected chi connectivity index (χ4v) is 4.10. The van der Waals surface area contributed by atoms with E-state index in [1.54, 1.807) is 36.4 Å². The lowest BCUT2D eigenvalue weighted by atomic mass is 9.94. The Morgan fingerprint density at radius 2 is 1.97 bits per heavy atom. The van der Waals surface area contributed by atoms with E-state index in [1.807, 2.05) is 19.9 Å². The molecule has 2 heterocycles. The Labute approximate surface area is 186 Å². The molecule has 0 aliphatic carbocycles. The molecule has 2 aliphatic heterocycles. The maximum absolute atomic E-state index is 13.0. The van der Waals surface area contributed by atoms with Gasteiger partial charge in [-0.3, -0.25) is 9.59 Å². The van der Waals surface area contributed by atoms with Gasteiger partial charge >= 0.3 is 0 Å². The zero-order chi connectivity index (χ0) is 22.1. The first kappa shape index (κ1) is 21.4. The van der Waals surface area contributed by atoms with Crippen molar-refractivity contribution in [3.63, 3.8) is 0 Å². The summed E-state index contributed by atoms with van der Waals surface area (Å²) < 4.78 is 11.1. The van der Waals surface area contributed by atoms with Gasteiger partial charge in [0.25, 0.3) is 11.7 Å². The van der Waals surface area contributed by atoms with Crippen LogP contribution in [0.25, 0.3) is 5.76 Å². The smallest absolute Gasteiger partial charge is 0.295 e. The van der Waals surface area contributed by atoms with Crippen LogP contribution < -0.4 is 4.74 Å². The molecular formula is C24H24ClNO5. The van der Waals surface area contributed by atoms with E-state index in [0.717, 1.165) is 17.7 Å². The number of ketones is 1. The van der Waals surface area contributed by atoms with Crippen molar-refractivity contribution >= 4 is 29.1 Å². The van der Waals surface area contributed by atoms with Crippen molar-refractivity contribution in [1.29, 1.82) is 0 Å². The Morgan fingerprint density at radius 3 is 2.68 bits per heavy atom. The first-order valence-electron chi connectivity index (χ1n) is 10.3. The number of aliphatic hydroxyl groups is 1. The number of hydrogen-bond donors (Lipinski definition) is 1. The van der Waals surface area contributed by atoms with Crippen LogP contribution in [0.2, 0.25) is 5.02 Å². The first-order chi connectivity index (χ1) is 14.9. The molecule has 6 nitrogen and oxygen atoms in total. The molecule has 0 radical (unpaired) electrons. The van der Waals surface area contributed by atoms with Gasteiger partial charge in [-0.15, -0.1) is 0 Å². The van der Waals surface area contributed by atoms with Gasteiger partial charge in [-0.1, -0.05) is 23.7 Å². The summed E-state index contributed by atoms with van der Waals surface area (Å²) in [6, 6.07) is 11.5. The van der Waals surface area contributed by atoms with Crippen LogP contribution in [0.4, 0.5) is 0 Å². The van der Waals surface area contributed by atoms with Crippen molar-refractivity contribution in [3.05, 3.63) is 69.8 Å². The molecule has 7 heteroatoms. The molecule has 1 saturated heterocycles. The molecule has 0 bridgehead atoms. The third kappa shape index (κ3) is 4.18. The topological polar surface area (TPSA) is 76.1 Å². The van der Waals surface area contributed by atoms with Gasteiger partial charge in [0, 0.05) is 23.6 Å². The second-order valence-corrected chi connectivity index (χ2v) is 8.32. The van der Waals surface area contributed by atoms with Crippen molar-refractivity contribution in [2.45, 2.75) is 32.4 Å². The van der Waals surface area contributed by atoms with Gasteiger partial charge in [0.2, 0.25) is 0 Å². The quantitative estimate of drug-likeness (QED) is 0.414. The van der Waals surface area contributed by atoms with Gasteiger partial charge in [0.05, 0.1) is 30.9 Å². The standard InChI is InChI=1S/C24H24ClNO5/c1-14(2)30-12-10-26-21(15-3-6-18(25)7-4-15)20(23(28)24(26)29)22(27)17-5-8-19-16(13-17)9-11-31-19/h3-8,13-14,21,27H,9-12H2,1-2H3/b22-20-. The lowest BCUT2D eigenvalue weighted by Crippen LogP contribution is -2.33. The number of fused-ring (bicyclic) bond motifs is 1. The van der Waals surface area contributed by atoms with Gasteiger partial charge in [-0.25, -0.2) is 0 Å². The Balaban J connectivity index is 1.78. The van der Waals surface area contributed by atoms with Crippen LogP contribution in [0, 0.1) is 0 Å². The molecule has 162 valence electrons. The van der Waals surface area contributed by atoms with Crippen LogP contribution in [-0.2, 0) is 20.7 Å². The molecule has 1 unspecified atom stereocenters. The van der Waals surface area contributed by atoms with Gasteiger partial charge < -0.3 is 19.5 Å². The summed E-state index contributed by atoms with van der Waals surface area (Å²) >= 11 is 6.04. The van der Waals surface area contributed by atoms with Crippen molar-refractivity contribution in [2.24, 2.45) is 0 Å². The molecule has 0 aromatic heterocycles. The summed E-state index contributed by atoms with van der Waals surface area (Å²) in [6.45, 7) is 4.91. The Hall–Kier alpha value is -2.83. The van der Waals surface area contributed by atoms with Crippen LogP contribution in [-0.4, -0.2) is 47.6 Å². The monoisotopic (exact) mass is 441 g/mol. The summed E-state index contributed by atoms with van der Waals surface area (Å²) in [4.78, 5) is 27.4. The summed E-state index contributed by atoms with van der Waals surface area (Å²) in [5, 5.41) is 11.7. The van der Waals surface area contributed by atoms with Crippen molar-refractivity contribution in [3.8, 4) is 5.75 Å². The number of amides is 1. The third-order valence-electron chi connectivity index (χ3n) is 5.47. The fourth-order valence-electron chi connectivity index (χ4n) is 3.98. The van der Waals surface area contributed by atoms with Crippen LogP contribution in [0.1, 0.15) is 36.6 Å². The molecule has 2 aliphatic rings. The largest absolute Gasteiger partial charge is 0.507 e. The molecule has 0 spiro atoms. The second-order valence-electron chi connectivity index (χ2n) is 7.88. The van der Waals surface area contributed by atoms with Crippen LogP contribution in [0.5, 0.6) is 5.75 Å². The van der Waals surface area contributed by atoms with Crippen LogP contribution >= 0.6 is 11.6 Å². The highest BCUT2D eigenvalue weighted by atomic mass is 35.5. The minimum atomic E-state index is -0.725. The predicted molar refractivity (Wildman–Crippen MR) is 117 cm³/mol. The van der Waals surface area contributed by atoms with E-state index in [2.05, 4.69) is 0 Å². The summed E-state index contributed by atoms with van der Waals surface area (Å²) in [5.74, 6) is -0.783.